The van der Waals surface area contributed by atoms with Crippen molar-refractivity contribution in [1.82, 2.24) is 0 Å². The van der Waals surface area contributed by atoms with Crippen molar-refractivity contribution in [3.8, 4) is 16.9 Å². The predicted octanol–water partition coefficient (Wildman–Crippen LogP) is 3.13. The maximum Gasteiger partial charge on any atom is 0.307 e. The summed E-state index contributed by atoms with van der Waals surface area (Å²) in [6.07, 6.45) is -0.0272. The summed E-state index contributed by atoms with van der Waals surface area (Å²) in [5.74, 6) is -0.645. The first kappa shape index (κ1) is 13.1. The Hall–Kier alpha value is -2.36. The topological polar surface area (TPSA) is 46.5 Å². The van der Waals surface area contributed by atoms with Gasteiger partial charge >= 0.3 is 5.97 Å². The van der Waals surface area contributed by atoms with Gasteiger partial charge in [-0.05, 0) is 29.3 Å². The number of hydrogen-bond acceptors (Lipinski definition) is 2. The second-order valence-electron chi connectivity index (χ2n) is 4.11. The lowest BCUT2D eigenvalue weighted by Gasteiger charge is -2.09. The van der Waals surface area contributed by atoms with Crippen LogP contribution in [0.2, 0.25) is 0 Å². The first-order valence-corrected chi connectivity index (χ1v) is 5.75. The summed E-state index contributed by atoms with van der Waals surface area (Å²) in [5.41, 5.74) is 2.13. The molecule has 0 radical (unpaired) electrons. The number of benzene rings is 2. The van der Waals surface area contributed by atoms with Gasteiger partial charge < -0.3 is 9.84 Å². The zero-order chi connectivity index (χ0) is 13.8. The molecule has 0 heterocycles. The Morgan fingerprint density at radius 1 is 1.21 bits per heavy atom. The van der Waals surface area contributed by atoms with Crippen molar-refractivity contribution in [2.24, 2.45) is 0 Å². The molecule has 2 aromatic rings. The fourth-order valence-corrected chi connectivity index (χ4v) is 1.88. The van der Waals surface area contributed by atoms with Gasteiger partial charge in [0.2, 0.25) is 0 Å². The van der Waals surface area contributed by atoms with Crippen LogP contribution in [0.25, 0.3) is 11.1 Å². The third-order valence-corrected chi connectivity index (χ3v) is 2.78. The van der Waals surface area contributed by atoms with E-state index in [4.69, 9.17) is 9.84 Å². The Morgan fingerprint density at radius 3 is 2.47 bits per heavy atom. The molecule has 0 aliphatic heterocycles. The molecule has 98 valence electrons. The smallest absolute Gasteiger partial charge is 0.307 e. The maximum atomic E-state index is 13.3. The van der Waals surface area contributed by atoms with Crippen LogP contribution >= 0.6 is 0 Å². The number of carboxylic acids is 1. The van der Waals surface area contributed by atoms with Crippen molar-refractivity contribution in [2.75, 3.05) is 7.11 Å². The molecule has 0 saturated carbocycles. The summed E-state index contributed by atoms with van der Waals surface area (Å²) in [4.78, 5) is 10.6. The van der Waals surface area contributed by atoms with Crippen LogP contribution in [0.5, 0.6) is 5.75 Å². The van der Waals surface area contributed by atoms with E-state index in [1.165, 1.54) is 19.2 Å². The molecular weight excluding hydrogens is 247 g/mol. The monoisotopic (exact) mass is 260 g/mol. The lowest BCUT2D eigenvalue weighted by molar-refractivity contribution is -0.136. The van der Waals surface area contributed by atoms with Gasteiger partial charge in [0.15, 0.2) is 0 Å². The summed E-state index contributed by atoms with van der Waals surface area (Å²) in [6, 6.07) is 11.2. The van der Waals surface area contributed by atoms with E-state index in [-0.39, 0.29) is 12.2 Å². The van der Waals surface area contributed by atoms with Gasteiger partial charge in [-0.15, -0.1) is 0 Å². The molecule has 1 N–H and O–H groups in total. The highest BCUT2D eigenvalue weighted by Gasteiger charge is 2.08. The second-order valence-corrected chi connectivity index (χ2v) is 4.11. The molecule has 0 aromatic heterocycles. The van der Waals surface area contributed by atoms with E-state index >= 15 is 0 Å². The SMILES string of the molecule is COc1ccc(F)cc1-c1ccc(CC(=O)O)cc1. The third kappa shape index (κ3) is 3.10. The van der Waals surface area contributed by atoms with Gasteiger partial charge in [-0.3, -0.25) is 4.79 Å². The molecule has 2 rings (SSSR count). The minimum Gasteiger partial charge on any atom is -0.496 e. The van der Waals surface area contributed by atoms with E-state index in [1.54, 1.807) is 30.3 Å². The molecule has 2 aromatic carbocycles. The average molecular weight is 260 g/mol. The van der Waals surface area contributed by atoms with Gasteiger partial charge in [0.05, 0.1) is 13.5 Å². The molecule has 0 saturated heterocycles. The largest absolute Gasteiger partial charge is 0.496 e. The van der Waals surface area contributed by atoms with E-state index in [0.29, 0.717) is 16.9 Å². The number of carboxylic acid groups (broad SMARTS) is 1. The van der Waals surface area contributed by atoms with Crippen LogP contribution in [-0.4, -0.2) is 18.2 Å². The average Bonchev–Trinajstić information content (AvgIpc) is 2.39. The summed E-state index contributed by atoms with van der Waals surface area (Å²) in [5, 5.41) is 8.70. The van der Waals surface area contributed by atoms with Crippen LogP contribution in [0.1, 0.15) is 5.56 Å². The number of hydrogen-bond donors (Lipinski definition) is 1. The van der Waals surface area contributed by atoms with Gasteiger partial charge in [-0.25, -0.2) is 4.39 Å². The molecule has 0 unspecified atom stereocenters. The zero-order valence-corrected chi connectivity index (χ0v) is 10.4. The number of halogens is 1. The van der Waals surface area contributed by atoms with Crippen LogP contribution in [0.3, 0.4) is 0 Å². The molecule has 0 atom stereocenters. The van der Waals surface area contributed by atoms with E-state index in [1.807, 2.05) is 0 Å². The normalized spacial score (nSPS) is 10.2. The lowest BCUT2D eigenvalue weighted by Crippen LogP contribution is -1.99. The van der Waals surface area contributed by atoms with Gasteiger partial charge in [0.1, 0.15) is 11.6 Å². The minimum absolute atomic E-state index is 0.0272. The summed E-state index contributed by atoms with van der Waals surface area (Å²) in [7, 11) is 1.52. The van der Waals surface area contributed by atoms with Gasteiger partial charge in [-0.1, -0.05) is 24.3 Å². The van der Waals surface area contributed by atoms with Crippen LogP contribution < -0.4 is 4.74 Å². The molecule has 0 fully saturated rings. The molecule has 4 heteroatoms. The predicted molar refractivity (Wildman–Crippen MR) is 69.7 cm³/mol. The highest BCUT2D eigenvalue weighted by atomic mass is 19.1. The highest BCUT2D eigenvalue weighted by Crippen LogP contribution is 2.30. The van der Waals surface area contributed by atoms with E-state index in [0.717, 1.165) is 5.56 Å². The first-order valence-electron chi connectivity index (χ1n) is 5.75. The van der Waals surface area contributed by atoms with Crippen molar-refractivity contribution in [2.45, 2.75) is 6.42 Å². The van der Waals surface area contributed by atoms with Gasteiger partial charge in [0.25, 0.3) is 0 Å². The Morgan fingerprint density at radius 2 is 1.89 bits per heavy atom. The van der Waals surface area contributed by atoms with Crippen molar-refractivity contribution in [3.63, 3.8) is 0 Å². The number of methoxy groups -OCH3 is 1. The van der Waals surface area contributed by atoms with Gasteiger partial charge in [0, 0.05) is 5.56 Å². The van der Waals surface area contributed by atoms with E-state index < -0.39 is 5.97 Å². The second kappa shape index (κ2) is 5.52. The molecule has 0 spiro atoms. The molecule has 3 nitrogen and oxygen atoms in total. The van der Waals surface area contributed by atoms with Crippen LogP contribution in [0, 0.1) is 5.82 Å². The van der Waals surface area contributed by atoms with Crippen LogP contribution in [0.4, 0.5) is 4.39 Å². The van der Waals surface area contributed by atoms with E-state index in [2.05, 4.69) is 0 Å². The van der Waals surface area contributed by atoms with Crippen molar-refractivity contribution in [1.29, 1.82) is 0 Å². The van der Waals surface area contributed by atoms with Gasteiger partial charge in [-0.2, -0.15) is 0 Å². The molecule has 0 amide bonds. The highest BCUT2D eigenvalue weighted by molar-refractivity contribution is 5.73. The van der Waals surface area contributed by atoms with Crippen LogP contribution in [0.15, 0.2) is 42.5 Å². The molecule has 0 bridgehead atoms. The Labute approximate surface area is 110 Å². The number of rotatable bonds is 4. The Balaban J connectivity index is 2.36. The summed E-state index contributed by atoms with van der Waals surface area (Å²) in [6.45, 7) is 0. The molecule has 19 heavy (non-hydrogen) atoms. The Bertz CT molecular complexity index is 591. The van der Waals surface area contributed by atoms with Crippen molar-refractivity contribution in [3.05, 3.63) is 53.8 Å². The molecule has 0 aliphatic carbocycles. The summed E-state index contributed by atoms with van der Waals surface area (Å²) >= 11 is 0. The Kier molecular flexibility index (Phi) is 3.80. The molecular formula is C15H13FO3. The number of aliphatic carboxylic acids is 1. The number of carbonyl (C=O) groups is 1. The fourth-order valence-electron chi connectivity index (χ4n) is 1.88. The van der Waals surface area contributed by atoms with Crippen LogP contribution in [-0.2, 0) is 11.2 Å². The number of ether oxygens (including phenoxy) is 1. The first-order chi connectivity index (χ1) is 9.10. The molecule has 0 aliphatic rings. The van der Waals surface area contributed by atoms with Crippen molar-refractivity contribution >= 4 is 5.97 Å². The fraction of sp³-hybridized carbons (Fsp3) is 0.133. The standard InChI is InChI=1S/C15H13FO3/c1-19-14-7-6-12(16)9-13(14)11-4-2-10(3-5-11)8-15(17)18/h2-7,9H,8H2,1H3,(H,17,18). The van der Waals surface area contributed by atoms with Crippen molar-refractivity contribution < 1.29 is 19.0 Å². The lowest BCUT2D eigenvalue weighted by atomic mass is 10.0. The third-order valence-electron chi connectivity index (χ3n) is 2.78. The quantitative estimate of drug-likeness (QED) is 0.918. The maximum absolute atomic E-state index is 13.3. The minimum atomic E-state index is -0.879. The summed E-state index contributed by atoms with van der Waals surface area (Å²) < 4.78 is 18.5. The van der Waals surface area contributed by atoms with E-state index in [9.17, 15) is 9.18 Å². The zero-order valence-electron chi connectivity index (χ0n) is 10.4.